The standard InChI is InChI=1S/C17H23NO2S/c1-14-13-16(9-8-15(14)7-6-11-19)17(20)18-10-4-3-5-12-21-2/h8-9,13,19H,3-5,10-12H2,1-2H3,(H,18,20). The number of nitrogens with one attached hydrogen (secondary N) is 1. The highest BCUT2D eigenvalue weighted by atomic mass is 32.2. The van der Waals surface area contributed by atoms with Crippen molar-refractivity contribution in [3.05, 3.63) is 34.9 Å². The minimum atomic E-state index is -0.155. The molecule has 0 heterocycles. The van der Waals surface area contributed by atoms with Crippen molar-refractivity contribution in [3.8, 4) is 11.8 Å². The zero-order valence-corrected chi connectivity index (χ0v) is 13.6. The molecule has 3 nitrogen and oxygen atoms in total. The van der Waals surface area contributed by atoms with E-state index < -0.39 is 0 Å². The first-order valence-corrected chi connectivity index (χ1v) is 8.56. The molecule has 0 saturated heterocycles. The molecule has 0 aromatic heterocycles. The molecule has 0 atom stereocenters. The lowest BCUT2D eigenvalue weighted by Crippen LogP contribution is -2.24. The summed E-state index contributed by atoms with van der Waals surface area (Å²) in [7, 11) is 0. The van der Waals surface area contributed by atoms with Crippen molar-refractivity contribution in [2.24, 2.45) is 0 Å². The van der Waals surface area contributed by atoms with Crippen LogP contribution in [0.4, 0.5) is 0 Å². The van der Waals surface area contributed by atoms with E-state index in [9.17, 15) is 4.79 Å². The number of benzene rings is 1. The minimum Gasteiger partial charge on any atom is -0.384 e. The first kappa shape index (κ1) is 17.6. The highest BCUT2D eigenvalue weighted by Crippen LogP contribution is 2.10. The molecule has 0 aliphatic heterocycles. The molecule has 0 radical (unpaired) electrons. The van der Waals surface area contributed by atoms with Gasteiger partial charge in [-0.3, -0.25) is 4.79 Å². The molecule has 2 N–H and O–H groups in total. The quantitative estimate of drug-likeness (QED) is 0.601. The summed E-state index contributed by atoms with van der Waals surface area (Å²) in [6, 6.07) is 5.44. The SMILES string of the molecule is CSCCCCCNC(=O)c1ccc(C#CCO)c(C)c1. The van der Waals surface area contributed by atoms with Crippen LogP contribution in [-0.4, -0.2) is 36.2 Å². The Morgan fingerprint density at radius 2 is 2.14 bits per heavy atom. The zero-order chi connectivity index (χ0) is 15.5. The average molecular weight is 305 g/mol. The summed E-state index contributed by atoms with van der Waals surface area (Å²) >= 11 is 1.86. The topological polar surface area (TPSA) is 49.3 Å². The van der Waals surface area contributed by atoms with E-state index in [4.69, 9.17) is 5.11 Å². The Balaban J connectivity index is 2.46. The maximum Gasteiger partial charge on any atom is 0.251 e. The molecule has 0 saturated carbocycles. The second-order valence-corrected chi connectivity index (χ2v) is 5.78. The number of carbonyl (C=O) groups is 1. The van der Waals surface area contributed by atoms with Crippen LogP contribution >= 0.6 is 11.8 Å². The zero-order valence-electron chi connectivity index (χ0n) is 12.7. The largest absolute Gasteiger partial charge is 0.384 e. The molecule has 0 aliphatic carbocycles. The number of thioether (sulfide) groups is 1. The van der Waals surface area contributed by atoms with Gasteiger partial charge in [0.05, 0.1) is 0 Å². The number of unbranched alkanes of at least 4 members (excludes halogenated alkanes) is 2. The van der Waals surface area contributed by atoms with Gasteiger partial charge in [-0.2, -0.15) is 11.8 Å². The molecule has 0 fully saturated rings. The van der Waals surface area contributed by atoms with Crippen molar-refractivity contribution >= 4 is 17.7 Å². The lowest BCUT2D eigenvalue weighted by Gasteiger charge is -2.07. The van der Waals surface area contributed by atoms with Gasteiger partial charge >= 0.3 is 0 Å². The summed E-state index contributed by atoms with van der Waals surface area (Å²) in [5.41, 5.74) is 2.45. The van der Waals surface area contributed by atoms with Crippen LogP contribution < -0.4 is 5.32 Å². The molecule has 0 unspecified atom stereocenters. The number of rotatable bonds is 7. The van der Waals surface area contributed by atoms with Gasteiger partial charge in [-0.25, -0.2) is 0 Å². The van der Waals surface area contributed by atoms with Crippen molar-refractivity contribution in [2.45, 2.75) is 26.2 Å². The number of hydrogen-bond acceptors (Lipinski definition) is 3. The van der Waals surface area contributed by atoms with Gasteiger partial charge in [-0.15, -0.1) is 0 Å². The molecule has 0 spiro atoms. The number of amides is 1. The van der Waals surface area contributed by atoms with Gasteiger partial charge in [0.15, 0.2) is 0 Å². The van der Waals surface area contributed by atoms with Gasteiger partial charge in [0.2, 0.25) is 0 Å². The highest BCUT2D eigenvalue weighted by Gasteiger charge is 2.06. The van der Waals surface area contributed by atoms with Crippen molar-refractivity contribution in [2.75, 3.05) is 25.2 Å². The van der Waals surface area contributed by atoms with E-state index in [-0.39, 0.29) is 12.5 Å². The molecule has 1 amide bonds. The predicted octanol–water partition coefficient (Wildman–Crippen LogP) is 2.60. The minimum absolute atomic E-state index is 0.0374. The van der Waals surface area contributed by atoms with Gasteiger partial charge in [-0.05, 0) is 55.5 Å². The Kier molecular flexibility index (Phi) is 8.65. The highest BCUT2D eigenvalue weighted by molar-refractivity contribution is 7.98. The van der Waals surface area contributed by atoms with E-state index in [1.54, 1.807) is 6.07 Å². The molecule has 1 rings (SSSR count). The maximum absolute atomic E-state index is 12.0. The van der Waals surface area contributed by atoms with Gasteiger partial charge < -0.3 is 10.4 Å². The van der Waals surface area contributed by atoms with Crippen molar-refractivity contribution in [1.82, 2.24) is 5.32 Å². The fourth-order valence-electron chi connectivity index (χ4n) is 1.93. The van der Waals surface area contributed by atoms with Crippen molar-refractivity contribution in [1.29, 1.82) is 0 Å². The summed E-state index contributed by atoms with van der Waals surface area (Å²) in [6.45, 7) is 2.48. The Morgan fingerprint density at radius 1 is 1.33 bits per heavy atom. The summed E-state index contributed by atoms with van der Waals surface area (Å²) in [4.78, 5) is 12.0. The Morgan fingerprint density at radius 3 is 2.81 bits per heavy atom. The molecule has 114 valence electrons. The monoisotopic (exact) mass is 305 g/mol. The fraction of sp³-hybridized carbons (Fsp3) is 0.471. The van der Waals surface area contributed by atoms with Crippen LogP contribution in [0.2, 0.25) is 0 Å². The van der Waals surface area contributed by atoms with Gasteiger partial charge in [0.1, 0.15) is 6.61 Å². The van der Waals surface area contributed by atoms with Crippen LogP contribution in [0.5, 0.6) is 0 Å². The smallest absolute Gasteiger partial charge is 0.251 e. The fourth-order valence-corrected chi connectivity index (χ4v) is 2.42. The molecule has 0 bridgehead atoms. The number of hydrogen-bond donors (Lipinski definition) is 2. The maximum atomic E-state index is 12.0. The summed E-state index contributed by atoms with van der Waals surface area (Å²) < 4.78 is 0. The van der Waals surface area contributed by atoms with Crippen LogP contribution in [0.3, 0.4) is 0 Å². The third-order valence-electron chi connectivity index (χ3n) is 3.10. The second kappa shape index (κ2) is 10.3. The van der Waals surface area contributed by atoms with Gasteiger partial charge in [0.25, 0.3) is 5.91 Å². The first-order valence-electron chi connectivity index (χ1n) is 7.16. The van der Waals surface area contributed by atoms with E-state index in [0.29, 0.717) is 5.56 Å². The van der Waals surface area contributed by atoms with Crippen LogP contribution in [0.25, 0.3) is 0 Å². The van der Waals surface area contributed by atoms with Crippen LogP contribution in [0.1, 0.15) is 40.7 Å². The normalized spacial score (nSPS) is 9.86. The van der Waals surface area contributed by atoms with E-state index in [1.165, 1.54) is 12.2 Å². The Labute approximate surface area is 131 Å². The Hall–Kier alpha value is -1.44. The molecular weight excluding hydrogens is 282 g/mol. The molecular formula is C17H23NO2S. The Bertz CT molecular complexity index is 517. The van der Waals surface area contributed by atoms with Crippen molar-refractivity contribution in [3.63, 3.8) is 0 Å². The first-order chi connectivity index (χ1) is 10.2. The summed E-state index contributed by atoms with van der Waals surface area (Å²) in [5, 5.41) is 11.6. The van der Waals surface area contributed by atoms with Gasteiger partial charge in [-0.1, -0.05) is 18.3 Å². The van der Waals surface area contributed by atoms with E-state index >= 15 is 0 Å². The lowest BCUT2D eigenvalue weighted by molar-refractivity contribution is 0.0953. The molecule has 21 heavy (non-hydrogen) atoms. The van der Waals surface area contributed by atoms with Crippen LogP contribution in [-0.2, 0) is 0 Å². The number of aliphatic hydroxyl groups excluding tert-OH is 1. The van der Waals surface area contributed by atoms with Crippen LogP contribution in [0, 0.1) is 18.8 Å². The molecule has 0 aliphatic rings. The lowest BCUT2D eigenvalue weighted by atomic mass is 10.0. The van der Waals surface area contributed by atoms with E-state index in [2.05, 4.69) is 23.4 Å². The third-order valence-corrected chi connectivity index (χ3v) is 3.80. The van der Waals surface area contributed by atoms with Crippen molar-refractivity contribution < 1.29 is 9.90 Å². The molecule has 1 aromatic rings. The average Bonchev–Trinajstić information content (AvgIpc) is 2.49. The van der Waals surface area contributed by atoms with Gasteiger partial charge in [0, 0.05) is 17.7 Å². The number of carbonyl (C=O) groups excluding carboxylic acids is 1. The summed E-state index contributed by atoms with van der Waals surface area (Å²) in [5.74, 6) is 6.63. The number of aliphatic hydroxyl groups is 1. The second-order valence-electron chi connectivity index (χ2n) is 4.80. The molecule has 1 aromatic carbocycles. The predicted molar refractivity (Wildman–Crippen MR) is 89.7 cm³/mol. The summed E-state index contributed by atoms with van der Waals surface area (Å²) in [6.07, 6.45) is 5.48. The third kappa shape index (κ3) is 6.70. The van der Waals surface area contributed by atoms with Crippen LogP contribution in [0.15, 0.2) is 18.2 Å². The van der Waals surface area contributed by atoms with E-state index in [1.807, 2.05) is 30.8 Å². The molecule has 4 heteroatoms. The van der Waals surface area contributed by atoms with E-state index in [0.717, 1.165) is 30.5 Å². The number of aryl methyl sites for hydroxylation is 1.